The summed E-state index contributed by atoms with van der Waals surface area (Å²) in [5, 5.41) is 0. The fourth-order valence-corrected chi connectivity index (χ4v) is 4.50. The van der Waals surface area contributed by atoms with E-state index in [-0.39, 0.29) is 41.3 Å². The van der Waals surface area contributed by atoms with Gasteiger partial charge in [-0.25, -0.2) is 4.79 Å². The Labute approximate surface area is 112 Å². The molecule has 2 aliphatic carbocycles. The summed E-state index contributed by atoms with van der Waals surface area (Å²) in [5.41, 5.74) is 0.482. The van der Waals surface area contributed by atoms with Crippen molar-refractivity contribution in [1.82, 2.24) is 0 Å². The average Bonchev–Trinajstić information content (AvgIpc) is 3.06. The van der Waals surface area contributed by atoms with Gasteiger partial charge < -0.3 is 9.47 Å². The summed E-state index contributed by atoms with van der Waals surface area (Å²) in [6, 6.07) is 0. The highest BCUT2D eigenvalue weighted by molar-refractivity contribution is 5.91. The van der Waals surface area contributed by atoms with Gasteiger partial charge in [-0.05, 0) is 12.8 Å². The summed E-state index contributed by atoms with van der Waals surface area (Å²) in [5.74, 6) is 0.411. The SMILES string of the molecule is C=C1C(=O)O[C@H]2C1CCC1(CO1)[C@@H]1CC(=O)[C@@H](C)[C@@H]12. The van der Waals surface area contributed by atoms with Crippen LogP contribution in [-0.4, -0.2) is 30.1 Å². The van der Waals surface area contributed by atoms with Crippen molar-refractivity contribution in [2.24, 2.45) is 23.7 Å². The third-order valence-corrected chi connectivity index (χ3v) is 5.77. The fraction of sp³-hybridized carbons (Fsp3) is 0.733. The molecule has 4 fully saturated rings. The lowest BCUT2D eigenvalue weighted by Crippen LogP contribution is -2.35. The molecular formula is C15H18O4. The Hall–Kier alpha value is -1.16. The van der Waals surface area contributed by atoms with E-state index in [2.05, 4.69) is 6.58 Å². The molecule has 0 aromatic rings. The third-order valence-electron chi connectivity index (χ3n) is 5.77. The Bertz CT molecular complexity index is 490. The van der Waals surface area contributed by atoms with Crippen molar-refractivity contribution in [3.05, 3.63) is 12.2 Å². The van der Waals surface area contributed by atoms with Crippen molar-refractivity contribution in [2.45, 2.75) is 37.9 Å². The first kappa shape index (κ1) is 11.6. The second-order valence-electron chi connectivity index (χ2n) is 6.54. The number of hydrogen-bond donors (Lipinski definition) is 0. The number of ether oxygens (including phenoxy) is 2. The Kier molecular flexibility index (Phi) is 2.13. The quantitative estimate of drug-likeness (QED) is 0.377. The molecule has 102 valence electrons. The number of carbonyl (C=O) groups excluding carboxylic acids is 2. The van der Waals surface area contributed by atoms with Gasteiger partial charge >= 0.3 is 5.97 Å². The number of hydrogen-bond acceptors (Lipinski definition) is 4. The molecule has 6 atom stereocenters. The zero-order valence-corrected chi connectivity index (χ0v) is 11.1. The van der Waals surface area contributed by atoms with Crippen molar-refractivity contribution < 1.29 is 19.1 Å². The molecule has 0 aromatic carbocycles. The van der Waals surface area contributed by atoms with Crippen molar-refractivity contribution in [2.75, 3.05) is 6.61 Å². The van der Waals surface area contributed by atoms with Crippen LogP contribution in [0.15, 0.2) is 12.2 Å². The fourth-order valence-electron chi connectivity index (χ4n) is 4.50. The molecule has 0 radical (unpaired) electrons. The predicted octanol–water partition coefficient (Wildman–Crippen LogP) is 1.49. The van der Waals surface area contributed by atoms with Crippen molar-refractivity contribution >= 4 is 11.8 Å². The zero-order valence-electron chi connectivity index (χ0n) is 11.1. The molecule has 2 saturated carbocycles. The first-order chi connectivity index (χ1) is 9.03. The second-order valence-corrected chi connectivity index (χ2v) is 6.54. The van der Waals surface area contributed by atoms with Gasteiger partial charge in [-0.15, -0.1) is 0 Å². The number of fused-ring (bicyclic) bond motifs is 4. The second kappa shape index (κ2) is 3.48. The molecule has 4 aliphatic rings. The van der Waals surface area contributed by atoms with Crippen LogP contribution in [-0.2, 0) is 19.1 Å². The first-order valence-corrected chi connectivity index (χ1v) is 7.10. The number of rotatable bonds is 0. The van der Waals surface area contributed by atoms with Crippen molar-refractivity contribution in [1.29, 1.82) is 0 Å². The largest absolute Gasteiger partial charge is 0.458 e. The van der Waals surface area contributed by atoms with Crippen LogP contribution >= 0.6 is 0 Å². The molecule has 0 N–H and O–H groups in total. The van der Waals surface area contributed by atoms with Crippen LogP contribution in [0.25, 0.3) is 0 Å². The minimum atomic E-state index is -0.270. The number of epoxide rings is 1. The van der Waals surface area contributed by atoms with Crippen molar-refractivity contribution in [3.63, 3.8) is 0 Å². The monoisotopic (exact) mass is 262 g/mol. The maximum Gasteiger partial charge on any atom is 0.334 e. The van der Waals surface area contributed by atoms with E-state index >= 15 is 0 Å². The molecule has 1 spiro atoms. The molecule has 4 heteroatoms. The molecule has 2 unspecified atom stereocenters. The number of Topliss-reactive ketones (excluding diaryl/α,β-unsaturated/α-hetero) is 1. The summed E-state index contributed by atoms with van der Waals surface area (Å²) < 4.78 is 11.3. The molecule has 2 aliphatic heterocycles. The summed E-state index contributed by atoms with van der Waals surface area (Å²) in [4.78, 5) is 23.9. The van der Waals surface area contributed by atoms with Gasteiger partial charge in [-0.2, -0.15) is 0 Å². The molecule has 0 aromatic heterocycles. The van der Waals surface area contributed by atoms with E-state index in [1.807, 2.05) is 6.92 Å². The average molecular weight is 262 g/mol. The van der Waals surface area contributed by atoms with Gasteiger partial charge in [0, 0.05) is 35.7 Å². The van der Waals surface area contributed by atoms with Crippen LogP contribution in [0.5, 0.6) is 0 Å². The summed E-state index contributed by atoms with van der Waals surface area (Å²) >= 11 is 0. The Balaban J connectivity index is 1.77. The van der Waals surface area contributed by atoms with Crippen LogP contribution < -0.4 is 0 Å². The minimum absolute atomic E-state index is 0.0321. The summed E-state index contributed by atoms with van der Waals surface area (Å²) in [7, 11) is 0. The Morgan fingerprint density at radius 2 is 2.11 bits per heavy atom. The topological polar surface area (TPSA) is 55.9 Å². The predicted molar refractivity (Wildman–Crippen MR) is 66.2 cm³/mol. The van der Waals surface area contributed by atoms with Gasteiger partial charge in [-0.3, -0.25) is 4.79 Å². The van der Waals surface area contributed by atoms with E-state index in [0.717, 1.165) is 19.4 Å². The molecular weight excluding hydrogens is 244 g/mol. The summed E-state index contributed by atoms with van der Waals surface area (Å²) in [6.07, 6.45) is 2.24. The van der Waals surface area contributed by atoms with Crippen LogP contribution in [0.2, 0.25) is 0 Å². The molecule has 0 bridgehead atoms. The van der Waals surface area contributed by atoms with E-state index in [1.54, 1.807) is 0 Å². The maximum atomic E-state index is 12.1. The highest BCUT2D eigenvalue weighted by atomic mass is 16.6. The van der Waals surface area contributed by atoms with Crippen LogP contribution in [0.3, 0.4) is 0 Å². The lowest BCUT2D eigenvalue weighted by molar-refractivity contribution is -0.143. The molecule has 2 heterocycles. The van der Waals surface area contributed by atoms with Gasteiger partial charge in [0.1, 0.15) is 11.9 Å². The van der Waals surface area contributed by atoms with Crippen LogP contribution in [0.1, 0.15) is 26.2 Å². The third kappa shape index (κ3) is 1.38. The maximum absolute atomic E-state index is 12.1. The van der Waals surface area contributed by atoms with Gasteiger partial charge in [0.05, 0.1) is 12.2 Å². The van der Waals surface area contributed by atoms with Gasteiger partial charge in [0.15, 0.2) is 0 Å². The molecule has 0 amide bonds. The van der Waals surface area contributed by atoms with Gasteiger partial charge in [0.25, 0.3) is 0 Å². The van der Waals surface area contributed by atoms with E-state index in [0.29, 0.717) is 17.8 Å². The molecule has 4 rings (SSSR count). The van der Waals surface area contributed by atoms with E-state index in [1.165, 1.54) is 0 Å². The lowest BCUT2D eigenvalue weighted by Gasteiger charge is -2.28. The van der Waals surface area contributed by atoms with E-state index in [9.17, 15) is 9.59 Å². The smallest absolute Gasteiger partial charge is 0.334 e. The van der Waals surface area contributed by atoms with E-state index in [4.69, 9.17) is 9.47 Å². The standard InChI is InChI=1S/C15H18O4/c1-7-9-3-4-15(6-18-15)10-5-11(16)8(2)12(10)13(9)19-14(7)17/h8-10,12-13H,1,3-6H2,2H3/t8-,9?,10-,12+,13+,15?/m1/s1. The Morgan fingerprint density at radius 3 is 2.79 bits per heavy atom. The summed E-state index contributed by atoms with van der Waals surface area (Å²) in [6.45, 7) is 6.62. The molecule has 19 heavy (non-hydrogen) atoms. The highest BCUT2D eigenvalue weighted by Gasteiger charge is 2.65. The Morgan fingerprint density at radius 1 is 1.37 bits per heavy atom. The number of ketones is 1. The molecule has 2 saturated heterocycles. The van der Waals surface area contributed by atoms with Crippen LogP contribution in [0.4, 0.5) is 0 Å². The zero-order chi connectivity index (χ0) is 13.4. The van der Waals surface area contributed by atoms with Gasteiger partial charge in [-0.1, -0.05) is 13.5 Å². The van der Waals surface area contributed by atoms with E-state index < -0.39 is 0 Å². The van der Waals surface area contributed by atoms with Crippen molar-refractivity contribution in [3.8, 4) is 0 Å². The minimum Gasteiger partial charge on any atom is -0.458 e. The first-order valence-electron chi connectivity index (χ1n) is 7.10. The number of esters is 1. The van der Waals surface area contributed by atoms with Crippen LogP contribution in [0, 0.1) is 23.7 Å². The molecule has 4 nitrogen and oxygen atoms in total. The highest BCUT2D eigenvalue weighted by Crippen LogP contribution is 2.58. The number of carbonyl (C=O) groups is 2. The normalized spacial score (nSPS) is 51.8. The lowest BCUT2D eigenvalue weighted by atomic mass is 9.77. The van der Waals surface area contributed by atoms with Gasteiger partial charge in [0.2, 0.25) is 0 Å².